The largest absolute Gasteiger partial charge is 0.494 e. The zero-order valence-electron chi connectivity index (χ0n) is 16.6. The Morgan fingerprint density at radius 3 is 2.32 bits per heavy atom. The lowest BCUT2D eigenvalue weighted by Crippen LogP contribution is -2.10. The maximum atomic E-state index is 12.1. The molecule has 0 fully saturated rings. The fourth-order valence-electron chi connectivity index (χ4n) is 2.36. The molecule has 28 heavy (non-hydrogen) atoms. The molecule has 0 heterocycles. The van der Waals surface area contributed by atoms with Crippen molar-refractivity contribution in [3.8, 4) is 5.75 Å². The fraction of sp³-hybridized carbons (Fsp3) is 0.304. The summed E-state index contributed by atoms with van der Waals surface area (Å²) in [6, 6.07) is 14.1. The summed E-state index contributed by atoms with van der Waals surface area (Å²) in [5, 5.41) is 2.77. The first-order chi connectivity index (χ1) is 13.5. The van der Waals surface area contributed by atoms with Crippen molar-refractivity contribution in [2.24, 2.45) is 5.92 Å². The molecule has 0 atom stereocenters. The van der Waals surface area contributed by atoms with E-state index in [2.05, 4.69) is 19.2 Å². The van der Waals surface area contributed by atoms with Crippen molar-refractivity contribution < 1.29 is 19.1 Å². The molecular weight excluding hydrogens is 354 g/mol. The topological polar surface area (TPSA) is 64.6 Å². The van der Waals surface area contributed by atoms with E-state index >= 15 is 0 Å². The average molecular weight is 381 g/mol. The first-order valence-electron chi connectivity index (χ1n) is 9.47. The Balaban J connectivity index is 1.85. The number of carbonyl (C=O) groups is 2. The highest BCUT2D eigenvalue weighted by Crippen LogP contribution is 2.14. The van der Waals surface area contributed by atoms with Gasteiger partial charge >= 0.3 is 5.97 Å². The summed E-state index contributed by atoms with van der Waals surface area (Å²) in [7, 11) is 0. The van der Waals surface area contributed by atoms with Crippen molar-refractivity contribution in [3.05, 3.63) is 65.7 Å². The van der Waals surface area contributed by atoms with Crippen LogP contribution in [0.15, 0.2) is 54.6 Å². The van der Waals surface area contributed by atoms with E-state index < -0.39 is 0 Å². The number of amides is 1. The van der Waals surface area contributed by atoms with Crippen LogP contribution in [0.3, 0.4) is 0 Å². The maximum Gasteiger partial charge on any atom is 0.338 e. The second-order valence-electron chi connectivity index (χ2n) is 6.72. The molecule has 0 saturated carbocycles. The zero-order valence-corrected chi connectivity index (χ0v) is 16.6. The molecule has 0 unspecified atom stereocenters. The van der Waals surface area contributed by atoms with Crippen molar-refractivity contribution in [2.75, 3.05) is 18.5 Å². The molecule has 2 aromatic carbocycles. The molecule has 2 aromatic rings. The lowest BCUT2D eigenvalue weighted by atomic mass is 10.1. The molecule has 2 rings (SSSR count). The van der Waals surface area contributed by atoms with Crippen LogP contribution in [0.2, 0.25) is 0 Å². The van der Waals surface area contributed by atoms with Gasteiger partial charge in [0.15, 0.2) is 0 Å². The van der Waals surface area contributed by atoms with Gasteiger partial charge in [-0.2, -0.15) is 0 Å². The van der Waals surface area contributed by atoms with Gasteiger partial charge in [0.2, 0.25) is 5.91 Å². The van der Waals surface area contributed by atoms with E-state index in [-0.39, 0.29) is 11.9 Å². The van der Waals surface area contributed by atoms with Gasteiger partial charge in [-0.3, -0.25) is 4.79 Å². The van der Waals surface area contributed by atoms with E-state index in [9.17, 15) is 9.59 Å². The van der Waals surface area contributed by atoms with E-state index in [1.54, 1.807) is 30.3 Å². The van der Waals surface area contributed by atoms with Crippen LogP contribution in [-0.2, 0) is 9.53 Å². The summed E-state index contributed by atoms with van der Waals surface area (Å²) in [4.78, 5) is 24.0. The molecule has 148 valence electrons. The highest BCUT2D eigenvalue weighted by atomic mass is 16.5. The van der Waals surface area contributed by atoms with Crippen LogP contribution in [0.1, 0.15) is 43.1 Å². The second-order valence-corrected chi connectivity index (χ2v) is 6.72. The van der Waals surface area contributed by atoms with E-state index in [1.165, 1.54) is 6.08 Å². The van der Waals surface area contributed by atoms with Crippen molar-refractivity contribution in [2.45, 2.75) is 27.2 Å². The molecule has 0 saturated heterocycles. The standard InChI is InChI=1S/C23H27NO4/c1-4-27-21-12-5-18(6-13-21)7-14-22(25)24-20-10-8-19(9-11-20)23(26)28-16-15-17(2)3/h5-14,17H,4,15-16H2,1-3H3,(H,24,25)/b14-7+. The number of rotatable bonds is 9. The smallest absolute Gasteiger partial charge is 0.338 e. The third kappa shape index (κ3) is 7.27. The highest BCUT2D eigenvalue weighted by Gasteiger charge is 2.08. The Morgan fingerprint density at radius 1 is 1.04 bits per heavy atom. The SMILES string of the molecule is CCOc1ccc(/C=C/C(=O)Nc2ccc(C(=O)OCCC(C)C)cc2)cc1. The highest BCUT2D eigenvalue weighted by molar-refractivity contribution is 6.02. The molecule has 0 spiro atoms. The van der Waals surface area contributed by atoms with E-state index in [0.717, 1.165) is 17.7 Å². The molecule has 5 nitrogen and oxygen atoms in total. The summed E-state index contributed by atoms with van der Waals surface area (Å²) < 4.78 is 10.6. The van der Waals surface area contributed by atoms with Gasteiger partial charge in [-0.1, -0.05) is 26.0 Å². The molecule has 0 aromatic heterocycles. The summed E-state index contributed by atoms with van der Waals surface area (Å²) >= 11 is 0. The summed E-state index contributed by atoms with van der Waals surface area (Å²) in [5.74, 6) is 0.683. The Morgan fingerprint density at radius 2 is 1.71 bits per heavy atom. The molecule has 0 aliphatic carbocycles. The van der Waals surface area contributed by atoms with Gasteiger partial charge in [-0.15, -0.1) is 0 Å². The van der Waals surface area contributed by atoms with Crippen molar-refractivity contribution in [1.29, 1.82) is 0 Å². The number of ether oxygens (including phenoxy) is 2. The molecule has 5 heteroatoms. The summed E-state index contributed by atoms with van der Waals surface area (Å²) in [6.07, 6.45) is 4.02. The molecule has 1 N–H and O–H groups in total. The quantitative estimate of drug-likeness (QED) is 0.493. The minimum absolute atomic E-state index is 0.249. The van der Waals surface area contributed by atoms with Crippen LogP contribution in [-0.4, -0.2) is 25.1 Å². The van der Waals surface area contributed by atoms with Gasteiger partial charge in [0, 0.05) is 11.8 Å². The predicted octanol–water partition coefficient (Wildman–Crippen LogP) is 4.94. The molecule has 0 aliphatic rings. The minimum atomic E-state index is -0.353. The number of hydrogen-bond donors (Lipinski definition) is 1. The van der Waals surface area contributed by atoms with Crippen LogP contribution in [0.25, 0.3) is 6.08 Å². The Labute approximate surface area is 166 Å². The monoisotopic (exact) mass is 381 g/mol. The number of hydrogen-bond acceptors (Lipinski definition) is 4. The van der Waals surface area contributed by atoms with E-state index in [0.29, 0.717) is 30.4 Å². The third-order valence-corrected chi connectivity index (χ3v) is 3.93. The van der Waals surface area contributed by atoms with Crippen LogP contribution in [0, 0.1) is 5.92 Å². The van der Waals surface area contributed by atoms with Crippen LogP contribution >= 0.6 is 0 Å². The Bertz CT molecular complexity index is 792. The van der Waals surface area contributed by atoms with Crippen LogP contribution < -0.4 is 10.1 Å². The second kappa shape index (κ2) is 10.9. The lowest BCUT2D eigenvalue weighted by Gasteiger charge is -2.07. The van der Waals surface area contributed by atoms with Gasteiger partial charge in [0.25, 0.3) is 0 Å². The first kappa shape index (κ1) is 21.2. The van der Waals surface area contributed by atoms with Crippen molar-refractivity contribution >= 4 is 23.6 Å². The van der Waals surface area contributed by atoms with E-state index in [1.807, 2.05) is 31.2 Å². The molecule has 0 aliphatic heterocycles. The summed E-state index contributed by atoms with van der Waals surface area (Å²) in [6.45, 7) is 7.11. The van der Waals surface area contributed by atoms with E-state index in [4.69, 9.17) is 9.47 Å². The molecular formula is C23H27NO4. The van der Waals surface area contributed by atoms with Gasteiger partial charge < -0.3 is 14.8 Å². The van der Waals surface area contributed by atoms with Gasteiger partial charge in [-0.05, 0) is 67.3 Å². The van der Waals surface area contributed by atoms with Gasteiger partial charge in [0.05, 0.1) is 18.8 Å². The molecule has 0 radical (unpaired) electrons. The van der Waals surface area contributed by atoms with Crippen LogP contribution in [0.4, 0.5) is 5.69 Å². The van der Waals surface area contributed by atoms with Crippen molar-refractivity contribution in [3.63, 3.8) is 0 Å². The Hall–Kier alpha value is -3.08. The number of anilines is 1. The average Bonchev–Trinajstić information content (AvgIpc) is 2.68. The summed E-state index contributed by atoms with van der Waals surface area (Å²) in [5.41, 5.74) is 1.98. The number of carbonyl (C=O) groups excluding carboxylic acids is 2. The molecule has 0 bridgehead atoms. The van der Waals surface area contributed by atoms with Gasteiger partial charge in [0.1, 0.15) is 5.75 Å². The normalized spacial score (nSPS) is 10.9. The number of esters is 1. The van der Waals surface area contributed by atoms with Crippen molar-refractivity contribution in [1.82, 2.24) is 0 Å². The zero-order chi connectivity index (χ0) is 20.4. The Kier molecular flexibility index (Phi) is 8.28. The first-order valence-corrected chi connectivity index (χ1v) is 9.47. The van der Waals surface area contributed by atoms with Gasteiger partial charge in [-0.25, -0.2) is 4.79 Å². The number of benzene rings is 2. The lowest BCUT2D eigenvalue weighted by molar-refractivity contribution is -0.111. The minimum Gasteiger partial charge on any atom is -0.494 e. The predicted molar refractivity (Wildman–Crippen MR) is 111 cm³/mol. The molecule has 1 amide bonds. The number of nitrogens with one attached hydrogen (secondary N) is 1. The fourth-order valence-corrected chi connectivity index (χ4v) is 2.36. The van der Waals surface area contributed by atoms with Crippen LogP contribution in [0.5, 0.6) is 5.75 Å². The maximum absolute atomic E-state index is 12.1. The third-order valence-electron chi connectivity index (χ3n) is 3.93.